The number of carbonyl (C=O) groups excluding carboxylic acids is 2. The fraction of sp³-hybridized carbons (Fsp3) is 0.619. The molecule has 1 aliphatic rings. The highest BCUT2D eigenvalue weighted by molar-refractivity contribution is 5.92. The van der Waals surface area contributed by atoms with Crippen molar-refractivity contribution in [3.05, 3.63) is 29.3 Å². The number of piperidine rings is 1. The molecule has 1 aromatic rings. The predicted molar refractivity (Wildman–Crippen MR) is 105 cm³/mol. The first-order valence-electron chi connectivity index (χ1n) is 9.73. The molecule has 0 radical (unpaired) electrons. The normalized spacial score (nSPS) is 22.6. The summed E-state index contributed by atoms with van der Waals surface area (Å²) in [5.74, 6) is 0.0947. The van der Waals surface area contributed by atoms with Gasteiger partial charge in [0, 0.05) is 17.8 Å². The maximum absolute atomic E-state index is 13.0. The van der Waals surface area contributed by atoms with E-state index in [9.17, 15) is 9.59 Å². The van der Waals surface area contributed by atoms with Gasteiger partial charge in [-0.25, -0.2) is 0 Å². The molecule has 2 N–H and O–H groups in total. The molecule has 0 spiro atoms. The highest BCUT2D eigenvalue weighted by Gasteiger charge is 2.35. The van der Waals surface area contributed by atoms with E-state index in [-0.39, 0.29) is 36.5 Å². The average molecular weight is 361 g/mol. The van der Waals surface area contributed by atoms with Crippen LogP contribution in [0.3, 0.4) is 0 Å². The molecule has 1 aliphatic heterocycles. The van der Waals surface area contributed by atoms with Gasteiger partial charge in [0.15, 0.2) is 12.6 Å². The Morgan fingerprint density at radius 3 is 2.46 bits per heavy atom. The molecule has 0 aromatic heterocycles. The molecule has 1 heterocycles. The third-order valence-corrected chi connectivity index (χ3v) is 5.88. The van der Waals surface area contributed by atoms with Gasteiger partial charge in [-0.05, 0) is 71.1 Å². The molecule has 5 nitrogen and oxygen atoms in total. The Morgan fingerprint density at radius 2 is 1.85 bits per heavy atom. The van der Waals surface area contributed by atoms with Crippen LogP contribution in [0.25, 0.3) is 0 Å². The fourth-order valence-electron chi connectivity index (χ4n) is 3.78. The summed E-state index contributed by atoms with van der Waals surface area (Å²) in [7, 11) is 1.92. The second-order valence-electron chi connectivity index (χ2n) is 7.91. The molecule has 0 aliphatic carbocycles. The van der Waals surface area contributed by atoms with Crippen LogP contribution in [0, 0.1) is 13.8 Å². The van der Waals surface area contributed by atoms with Crippen molar-refractivity contribution in [1.29, 1.82) is 0 Å². The van der Waals surface area contributed by atoms with Crippen LogP contribution in [0.15, 0.2) is 18.2 Å². The number of quaternary nitrogens is 1. The van der Waals surface area contributed by atoms with E-state index >= 15 is 0 Å². The molecule has 5 heteroatoms. The van der Waals surface area contributed by atoms with Crippen molar-refractivity contribution in [3.8, 4) is 0 Å². The Hall–Kier alpha value is -1.88. The molecule has 1 fully saturated rings. The van der Waals surface area contributed by atoms with E-state index in [0.717, 1.165) is 34.6 Å². The lowest BCUT2D eigenvalue weighted by molar-refractivity contribution is -0.886. The largest absolute Gasteiger partial charge is 0.332 e. The van der Waals surface area contributed by atoms with Crippen LogP contribution in [-0.4, -0.2) is 48.4 Å². The van der Waals surface area contributed by atoms with Gasteiger partial charge >= 0.3 is 0 Å². The number of benzene rings is 1. The molecule has 1 saturated heterocycles. The lowest BCUT2D eigenvalue weighted by atomic mass is 9.96. The number of likely N-dealkylation sites (tertiary alicyclic amines) is 1. The van der Waals surface area contributed by atoms with Crippen LogP contribution >= 0.6 is 0 Å². The Labute approximate surface area is 157 Å². The number of hydrogen-bond acceptors (Lipinski definition) is 2. The van der Waals surface area contributed by atoms with Crippen LogP contribution in [0.4, 0.5) is 5.69 Å². The Morgan fingerprint density at radius 1 is 1.23 bits per heavy atom. The Bertz CT molecular complexity index is 649. The number of nitrogens with zero attached hydrogens (tertiary/aromatic N) is 1. The summed E-state index contributed by atoms with van der Waals surface area (Å²) in [5, 5.41) is 2.99. The monoisotopic (exact) mass is 360 g/mol. The van der Waals surface area contributed by atoms with Crippen LogP contribution in [-0.2, 0) is 9.59 Å². The summed E-state index contributed by atoms with van der Waals surface area (Å²) in [6, 6.07) is 6.23. The number of amides is 2. The number of rotatable bonds is 5. The van der Waals surface area contributed by atoms with Gasteiger partial charge in [0.1, 0.15) is 0 Å². The minimum atomic E-state index is -0.234. The minimum absolute atomic E-state index is 0.0596. The van der Waals surface area contributed by atoms with Crippen LogP contribution < -0.4 is 10.2 Å². The van der Waals surface area contributed by atoms with Gasteiger partial charge < -0.3 is 15.1 Å². The van der Waals surface area contributed by atoms with Gasteiger partial charge in [0.2, 0.25) is 0 Å². The topological polar surface area (TPSA) is 53.9 Å². The molecular weight excluding hydrogens is 326 g/mol. The predicted octanol–water partition coefficient (Wildman–Crippen LogP) is 1.93. The van der Waals surface area contributed by atoms with Crippen molar-refractivity contribution >= 4 is 17.5 Å². The number of carbonyl (C=O) groups is 2. The van der Waals surface area contributed by atoms with E-state index in [1.807, 2.05) is 50.9 Å². The van der Waals surface area contributed by atoms with Crippen molar-refractivity contribution in [1.82, 2.24) is 4.90 Å². The maximum atomic E-state index is 13.0. The number of hydrogen-bond donors (Lipinski definition) is 2. The summed E-state index contributed by atoms with van der Waals surface area (Å²) in [5.41, 5.74) is 3.08. The second-order valence-corrected chi connectivity index (χ2v) is 7.91. The first-order chi connectivity index (χ1) is 12.2. The first kappa shape index (κ1) is 20.4. The van der Waals surface area contributed by atoms with Gasteiger partial charge in [0.25, 0.3) is 11.8 Å². The third kappa shape index (κ3) is 4.64. The van der Waals surface area contributed by atoms with E-state index in [2.05, 4.69) is 19.2 Å². The third-order valence-electron chi connectivity index (χ3n) is 5.88. The molecule has 144 valence electrons. The number of likely N-dealkylation sites (N-methyl/N-ethyl adjacent to an activating group) is 1. The summed E-state index contributed by atoms with van der Waals surface area (Å²) in [6.45, 7) is 10.5. The fourth-order valence-corrected chi connectivity index (χ4v) is 3.78. The Kier molecular flexibility index (Phi) is 6.81. The quantitative estimate of drug-likeness (QED) is 0.843. The molecule has 1 unspecified atom stereocenters. The summed E-state index contributed by atoms with van der Waals surface area (Å²) in [6.07, 6.45) is 3.31. The van der Waals surface area contributed by atoms with Crippen molar-refractivity contribution in [2.75, 3.05) is 18.9 Å². The van der Waals surface area contributed by atoms with E-state index in [1.165, 1.54) is 6.42 Å². The smallest absolute Gasteiger partial charge is 0.281 e. The Balaban J connectivity index is 1.97. The van der Waals surface area contributed by atoms with Crippen molar-refractivity contribution in [2.24, 2.45) is 0 Å². The zero-order chi connectivity index (χ0) is 19.4. The molecule has 1 aromatic carbocycles. The van der Waals surface area contributed by atoms with Crippen LogP contribution in [0.5, 0.6) is 0 Å². The summed E-state index contributed by atoms with van der Waals surface area (Å²) >= 11 is 0. The van der Waals surface area contributed by atoms with Gasteiger partial charge in [-0.1, -0.05) is 12.1 Å². The number of aryl methyl sites for hydroxylation is 1. The maximum Gasteiger partial charge on any atom is 0.281 e. The average Bonchev–Trinajstić information content (AvgIpc) is 2.57. The molecule has 2 rings (SSSR count). The van der Waals surface area contributed by atoms with E-state index in [4.69, 9.17) is 0 Å². The molecule has 4 atom stereocenters. The highest BCUT2D eigenvalue weighted by Crippen LogP contribution is 2.23. The highest BCUT2D eigenvalue weighted by atomic mass is 16.2. The van der Waals surface area contributed by atoms with Crippen LogP contribution in [0.1, 0.15) is 51.2 Å². The van der Waals surface area contributed by atoms with E-state index in [1.54, 1.807) is 0 Å². The first-order valence-corrected chi connectivity index (χ1v) is 9.73. The van der Waals surface area contributed by atoms with E-state index < -0.39 is 0 Å². The molecule has 2 amide bonds. The standard InChI is InChI=1S/C21H33N3O2/c1-14-9-7-12-19(17(14)4)22-20(25)13-23(6)18(5)21(26)24-15(2)10-8-11-16(24)3/h7,9,12,15-16,18H,8,10-11,13H2,1-6H3,(H,22,25)/p+1/t15-,16+,18-/m0/s1. The zero-order valence-corrected chi connectivity index (χ0v) is 17.1. The van der Waals surface area contributed by atoms with Gasteiger partial charge in [-0.3, -0.25) is 9.59 Å². The van der Waals surface area contributed by atoms with Gasteiger partial charge in [-0.15, -0.1) is 0 Å². The molecule has 26 heavy (non-hydrogen) atoms. The number of nitrogens with one attached hydrogen (secondary N) is 2. The molecule has 0 saturated carbocycles. The van der Waals surface area contributed by atoms with E-state index in [0.29, 0.717) is 0 Å². The van der Waals surface area contributed by atoms with Gasteiger partial charge in [-0.2, -0.15) is 0 Å². The lowest BCUT2D eigenvalue weighted by Gasteiger charge is -2.40. The lowest BCUT2D eigenvalue weighted by Crippen LogP contribution is -3.15. The van der Waals surface area contributed by atoms with Crippen LogP contribution in [0.2, 0.25) is 0 Å². The second kappa shape index (κ2) is 8.67. The van der Waals surface area contributed by atoms with Crippen molar-refractivity contribution < 1.29 is 14.5 Å². The molecular formula is C21H34N3O2+. The van der Waals surface area contributed by atoms with Gasteiger partial charge in [0.05, 0.1) is 7.05 Å². The van der Waals surface area contributed by atoms with Crippen molar-refractivity contribution in [3.63, 3.8) is 0 Å². The molecule has 0 bridgehead atoms. The van der Waals surface area contributed by atoms with Crippen molar-refractivity contribution in [2.45, 2.75) is 72.0 Å². The zero-order valence-electron chi connectivity index (χ0n) is 17.1. The minimum Gasteiger partial charge on any atom is -0.332 e. The summed E-state index contributed by atoms with van der Waals surface area (Å²) in [4.78, 5) is 28.4. The SMILES string of the molecule is Cc1cccc(NC(=O)C[NH+](C)[C@@H](C)C(=O)N2[C@H](C)CCC[C@@H]2C)c1C. The number of anilines is 1. The summed E-state index contributed by atoms with van der Waals surface area (Å²) < 4.78 is 0.